The first-order chi connectivity index (χ1) is 8.77. The van der Waals surface area contributed by atoms with Crippen LogP contribution in [0.4, 0.5) is 0 Å². The number of rotatable bonds is 1. The molecule has 1 aromatic heterocycles. The summed E-state index contributed by atoms with van der Waals surface area (Å²) in [6.45, 7) is 1.76. The summed E-state index contributed by atoms with van der Waals surface area (Å²) in [7, 11) is 0. The number of hydrogen-bond donors (Lipinski definition) is 2. The van der Waals surface area contributed by atoms with Gasteiger partial charge in [0.2, 0.25) is 0 Å². The van der Waals surface area contributed by atoms with Crippen LogP contribution in [0.15, 0.2) is 54.6 Å². The van der Waals surface area contributed by atoms with Crippen molar-refractivity contribution >= 4 is 11.0 Å². The van der Waals surface area contributed by atoms with Gasteiger partial charge in [0.1, 0.15) is 5.52 Å². The van der Waals surface area contributed by atoms with Gasteiger partial charge in [0.05, 0.1) is 11.6 Å². The molecule has 4 heteroatoms. The fraction of sp³-hybridized carbons (Fsp3) is 0.143. The Balaban J connectivity index is 0.000000134. The molecule has 0 saturated heterocycles. The van der Waals surface area contributed by atoms with Gasteiger partial charge in [-0.15, -0.1) is 5.10 Å². The second kappa shape index (κ2) is 5.93. The average Bonchev–Trinajstić information content (AvgIpc) is 2.89. The van der Waals surface area contributed by atoms with Crippen molar-refractivity contribution in [2.75, 3.05) is 0 Å². The maximum Gasteiger partial charge on any atom is 0.112 e. The van der Waals surface area contributed by atoms with Gasteiger partial charge in [-0.3, -0.25) is 5.10 Å². The highest BCUT2D eigenvalue weighted by molar-refractivity contribution is 5.72. The Morgan fingerprint density at radius 1 is 1.00 bits per heavy atom. The summed E-state index contributed by atoms with van der Waals surface area (Å²) in [5.41, 5.74) is 2.87. The Kier molecular flexibility index (Phi) is 4.04. The molecule has 3 rings (SSSR count). The predicted octanol–water partition coefficient (Wildman–Crippen LogP) is 2.70. The van der Waals surface area contributed by atoms with Gasteiger partial charge in [0.15, 0.2) is 0 Å². The molecule has 0 aliphatic heterocycles. The van der Waals surface area contributed by atoms with Crippen LogP contribution >= 0.6 is 0 Å². The number of para-hydroxylation sites is 1. The lowest BCUT2D eigenvalue weighted by Crippen LogP contribution is -1.87. The van der Waals surface area contributed by atoms with Gasteiger partial charge in [-0.1, -0.05) is 47.7 Å². The van der Waals surface area contributed by atoms with Crippen molar-refractivity contribution in [2.24, 2.45) is 0 Å². The van der Waals surface area contributed by atoms with Crippen LogP contribution in [0.3, 0.4) is 0 Å². The van der Waals surface area contributed by atoms with E-state index in [9.17, 15) is 0 Å². The predicted molar refractivity (Wildman–Crippen MR) is 71.0 cm³/mol. The summed E-state index contributed by atoms with van der Waals surface area (Å²) in [6, 6.07) is 17.3. The monoisotopic (exact) mass is 241 g/mol. The van der Waals surface area contributed by atoms with Crippen LogP contribution in [0.25, 0.3) is 11.0 Å². The van der Waals surface area contributed by atoms with E-state index in [2.05, 4.69) is 15.4 Å². The van der Waals surface area contributed by atoms with Gasteiger partial charge in [-0.25, -0.2) is 0 Å². The van der Waals surface area contributed by atoms with Crippen LogP contribution in [-0.2, 0) is 0 Å². The fourth-order valence-corrected chi connectivity index (χ4v) is 1.52. The van der Waals surface area contributed by atoms with Gasteiger partial charge in [0.25, 0.3) is 0 Å². The molecule has 0 amide bonds. The molecule has 0 spiro atoms. The third kappa shape index (κ3) is 3.15. The SMILES string of the molecule is CC(O)c1ccccc1.c1ccc2[nH]nnc2c1. The number of H-pyrrole nitrogens is 1. The highest BCUT2D eigenvalue weighted by Crippen LogP contribution is 2.09. The molecule has 4 nitrogen and oxygen atoms in total. The van der Waals surface area contributed by atoms with Crippen molar-refractivity contribution in [3.8, 4) is 0 Å². The number of aromatic amines is 1. The molecule has 0 saturated carbocycles. The summed E-state index contributed by atoms with van der Waals surface area (Å²) in [4.78, 5) is 0. The molecule has 1 heterocycles. The van der Waals surface area contributed by atoms with E-state index in [1.807, 2.05) is 54.6 Å². The zero-order valence-corrected chi connectivity index (χ0v) is 10.1. The van der Waals surface area contributed by atoms with Crippen molar-refractivity contribution in [1.29, 1.82) is 0 Å². The highest BCUT2D eigenvalue weighted by Gasteiger charge is 1.95. The lowest BCUT2D eigenvalue weighted by molar-refractivity contribution is 0.199. The van der Waals surface area contributed by atoms with Crippen LogP contribution in [-0.4, -0.2) is 20.5 Å². The molecular formula is C14H15N3O. The third-order valence-electron chi connectivity index (χ3n) is 2.51. The van der Waals surface area contributed by atoms with Crippen LogP contribution in [0, 0.1) is 0 Å². The van der Waals surface area contributed by atoms with Gasteiger partial charge in [-0.05, 0) is 24.6 Å². The normalized spacial score (nSPS) is 11.7. The molecule has 92 valence electrons. The van der Waals surface area contributed by atoms with E-state index in [4.69, 9.17) is 5.11 Å². The van der Waals surface area contributed by atoms with Crippen LogP contribution in [0.2, 0.25) is 0 Å². The average molecular weight is 241 g/mol. The molecule has 3 aromatic rings. The molecule has 0 bridgehead atoms. The number of fused-ring (bicyclic) bond motifs is 1. The minimum atomic E-state index is -0.341. The number of aliphatic hydroxyl groups excluding tert-OH is 1. The number of nitrogens with zero attached hydrogens (tertiary/aromatic N) is 2. The van der Waals surface area contributed by atoms with E-state index in [1.54, 1.807) is 6.92 Å². The molecule has 1 atom stereocenters. The summed E-state index contributed by atoms with van der Waals surface area (Å²) < 4.78 is 0. The third-order valence-corrected chi connectivity index (χ3v) is 2.51. The summed E-state index contributed by atoms with van der Waals surface area (Å²) in [5, 5.41) is 19.2. The summed E-state index contributed by atoms with van der Waals surface area (Å²) >= 11 is 0. The van der Waals surface area contributed by atoms with E-state index in [-0.39, 0.29) is 6.10 Å². The van der Waals surface area contributed by atoms with Crippen LogP contribution in [0.1, 0.15) is 18.6 Å². The van der Waals surface area contributed by atoms with Gasteiger partial charge in [-0.2, -0.15) is 0 Å². The Morgan fingerprint density at radius 3 is 2.28 bits per heavy atom. The first-order valence-corrected chi connectivity index (χ1v) is 5.76. The van der Waals surface area contributed by atoms with Crippen LogP contribution < -0.4 is 0 Å². The minimum absolute atomic E-state index is 0.341. The highest BCUT2D eigenvalue weighted by atomic mass is 16.3. The second-order valence-electron chi connectivity index (χ2n) is 3.92. The number of aromatic nitrogens is 3. The summed E-state index contributed by atoms with van der Waals surface area (Å²) in [6.07, 6.45) is -0.341. The fourth-order valence-electron chi connectivity index (χ4n) is 1.52. The molecule has 0 radical (unpaired) electrons. The molecule has 2 N–H and O–H groups in total. The number of nitrogens with one attached hydrogen (secondary N) is 1. The first-order valence-electron chi connectivity index (χ1n) is 5.76. The quantitative estimate of drug-likeness (QED) is 0.688. The van der Waals surface area contributed by atoms with Gasteiger partial charge in [0, 0.05) is 0 Å². The van der Waals surface area contributed by atoms with Crippen molar-refractivity contribution < 1.29 is 5.11 Å². The lowest BCUT2D eigenvalue weighted by atomic mass is 10.1. The maximum absolute atomic E-state index is 9.02. The molecule has 0 aliphatic rings. The molecule has 18 heavy (non-hydrogen) atoms. The van der Waals surface area contributed by atoms with Gasteiger partial charge >= 0.3 is 0 Å². The topological polar surface area (TPSA) is 61.8 Å². The summed E-state index contributed by atoms with van der Waals surface area (Å²) in [5.74, 6) is 0. The Bertz CT molecular complexity index is 560. The smallest absolute Gasteiger partial charge is 0.112 e. The molecule has 2 aromatic carbocycles. The number of benzene rings is 2. The van der Waals surface area contributed by atoms with E-state index in [1.165, 1.54) is 0 Å². The largest absolute Gasteiger partial charge is 0.389 e. The zero-order chi connectivity index (χ0) is 12.8. The molecule has 0 aliphatic carbocycles. The van der Waals surface area contributed by atoms with Gasteiger partial charge < -0.3 is 5.11 Å². The Hall–Kier alpha value is -2.20. The maximum atomic E-state index is 9.02. The molecule has 1 unspecified atom stereocenters. The Labute approximate surface area is 105 Å². The molecule has 0 fully saturated rings. The van der Waals surface area contributed by atoms with E-state index in [0.29, 0.717) is 0 Å². The Morgan fingerprint density at radius 2 is 1.67 bits per heavy atom. The number of aliphatic hydroxyl groups is 1. The number of hydrogen-bond acceptors (Lipinski definition) is 3. The first kappa shape index (κ1) is 12.3. The second-order valence-corrected chi connectivity index (χ2v) is 3.92. The van der Waals surface area contributed by atoms with Crippen molar-refractivity contribution in [2.45, 2.75) is 13.0 Å². The van der Waals surface area contributed by atoms with Crippen molar-refractivity contribution in [1.82, 2.24) is 15.4 Å². The van der Waals surface area contributed by atoms with Crippen molar-refractivity contribution in [3.05, 3.63) is 60.2 Å². The molecular weight excluding hydrogens is 226 g/mol. The zero-order valence-electron chi connectivity index (χ0n) is 10.1. The standard InChI is InChI=1S/C8H10O.C6H5N3/c1-7(9)8-5-3-2-4-6-8;1-2-4-6-5(3-1)7-9-8-6/h2-7,9H,1H3;1-4H,(H,7,8,9). The van der Waals surface area contributed by atoms with E-state index < -0.39 is 0 Å². The van der Waals surface area contributed by atoms with E-state index >= 15 is 0 Å². The van der Waals surface area contributed by atoms with E-state index in [0.717, 1.165) is 16.6 Å². The van der Waals surface area contributed by atoms with Crippen LogP contribution in [0.5, 0.6) is 0 Å². The minimum Gasteiger partial charge on any atom is -0.389 e. The lowest BCUT2D eigenvalue weighted by Gasteiger charge is -2.00. The van der Waals surface area contributed by atoms with Crippen molar-refractivity contribution in [3.63, 3.8) is 0 Å².